The summed E-state index contributed by atoms with van der Waals surface area (Å²) in [6.45, 7) is -0.545. The molecule has 0 unspecified atom stereocenters. The van der Waals surface area contributed by atoms with Crippen molar-refractivity contribution < 1.29 is 18.0 Å². The van der Waals surface area contributed by atoms with E-state index in [0.29, 0.717) is 10.6 Å². The van der Waals surface area contributed by atoms with E-state index in [-0.39, 0.29) is 40.6 Å². The fraction of sp³-hybridized carbons (Fsp3) is 0.333. The topological polar surface area (TPSA) is 86.8 Å². The Hall–Kier alpha value is -2.78. The second-order valence-corrected chi connectivity index (χ2v) is 13.3. The van der Waals surface area contributed by atoms with Gasteiger partial charge in [-0.15, -0.1) is 0 Å². The number of benzene rings is 3. The molecular formula is C30H32Cl3N3O4S. The third-order valence-corrected chi connectivity index (χ3v) is 9.39. The highest BCUT2D eigenvalue weighted by Crippen LogP contribution is 2.29. The summed E-state index contributed by atoms with van der Waals surface area (Å²) in [5, 5.41) is 3.97. The summed E-state index contributed by atoms with van der Waals surface area (Å²) in [6.07, 6.45) is 5.06. The van der Waals surface area contributed by atoms with E-state index >= 15 is 0 Å². The summed E-state index contributed by atoms with van der Waals surface area (Å²) < 4.78 is 26.8. The molecule has 1 aliphatic rings. The third kappa shape index (κ3) is 8.38. The van der Waals surface area contributed by atoms with Crippen molar-refractivity contribution in [2.24, 2.45) is 0 Å². The first-order valence-electron chi connectivity index (χ1n) is 13.3. The molecule has 4 rings (SSSR count). The van der Waals surface area contributed by atoms with Crippen LogP contribution in [0.3, 0.4) is 0 Å². The van der Waals surface area contributed by atoms with Crippen LogP contribution in [-0.4, -0.2) is 50.0 Å². The second-order valence-electron chi connectivity index (χ2n) is 10.2. The van der Waals surface area contributed by atoms with Crippen molar-refractivity contribution in [3.05, 3.63) is 99.0 Å². The van der Waals surface area contributed by atoms with Crippen molar-refractivity contribution in [2.45, 2.75) is 50.7 Å². The lowest BCUT2D eigenvalue weighted by Crippen LogP contribution is -2.54. The highest BCUT2D eigenvalue weighted by atomic mass is 35.5. The first kappa shape index (κ1) is 31.2. The Morgan fingerprint density at radius 1 is 0.902 bits per heavy atom. The fourth-order valence-corrected chi connectivity index (χ4v) is 6.31. The summed E-state index contributed by atoms with van der Waals surface area (Å²) in [6, 6.07) is 19.9. The summed E-state index contributed by atoms with van der Waals surface area (Å²) in [7, 11) is -3.92. The molecule has 2 amide bonds. The summed E-state index contributed by atoms with van der Waals surface area (Å²) in [5.41, 5.74) is 1.68. The van der Waals surface area contributed by atoms with Gasteiger partial charge in [0.25, 0.3) is 0 Å². The monoisotopic (exact) mass is 635 g/mol. The molecule has 0 aromatic heterocycles. The van der Waals surface area contributed by atoms with Gasteiger partial charge in [-0.1, -0.05) is 96.2 Å². The van der Waals surface area contributed by atoms with Crippen LogP contribution in [-0.2, 0) is 32.6 Å². The molecule has 0 aliphatic heterocycles. The van der Waals surface area contributed by atoms with Gasteiger partial charge in [-0.2, -0.15) is 0 Å². The second kappa shape index (κ2) is 13.9. The molecule has 0 saturated heterocycles. The number of carbonyl (C=O) groups is 2. The van der Waals surface area contributed by atoms with Crippen LogP contribution in [0.2, 0.25) is 15.1 Å². The van der Waals surface area contributed by atoms with Gasteiger partial charge in [0.2, 0.25) is 21.8 Å². The van der Waals surface area contributed by atoms with Crippen molar-refractivity contribution in [1.29, 1.82) is 0 Å². The van der Waals surface area contributed by atoms with Gasteiger partial charge in [-0.05, 0) is 48.2 Å². The smallest absolute Gasteiger partial charge is 0.244 e. The molecule has 3 aromatic carbocycles. The number of halogens is 3. The lowest BCUT2D eigenvalue weighted by atomic mass is 10.0. The number of amides is 2. The lowest BCUT2D eigenvalue weighted by molar-refractivity contribution is -0.140. The van der Waals surface area contributed by atoms with Crippen LogP contribution in [0.25, 0.3) is 0 Å². The Bertz CT molecular complexity index is 1480. The molecule has 1 saturated carbocycles. The number of nitrogens with one attached hydrogen (secondary N) is 1. The predicted molar refractivity (Wildman–Crippen MR) is 165 cm³/mol. The van der Waals surface area contributed by atoms with Crippen molar-refractivity contribution in [1.82, 2.24) is 10.2 Å². The zero-order chi connectivity index (χ0) is 29.6. The first-order valence-corrected chi connectivity index (χ1v) is 16.3. The average Bonchev–Trinajstić information content (AvgIpc) is 3.44. The molecule has 3 aromatic rings. The van der Waals surface area contributed by atoms with Crippen LogP contribution in [0.15, 0.2) is 72.8 Å². The molecule has 1 aliphatic carbocycles. The quantitative estimate of drug-likeness (QED) is 0.275. The number of sulfonamides is 1. The van der Waals surface area contributed by atoms with Crippen LogP contribution in [0, 0.1) is 0 Å². The molecule has 1 fully saturated rings. The Balaban J connectivity index is 1.74. The van der Waals surface area contributed by atoms with Crippen LogP contribution in [0.5, 0.6) is 0 Å². The number of nitrogens with zero attached hydrogens (tertiary/aromatic N) is 2. The number of carbonyl (C=O) groups excluding carboxylic acids is 2. The van der Waals surface area contributed by atoms with E-state index in [1.807, 2.05) is 30.3 Å². The van der Waals surface area contributed by atoms with E-state index in [1.165, 1.54) is 23.1 Å². The molecule has 7 nitrogen and oxygen atoms in total. The highest BCUT2D eigenvalue weighted by Gasteiger charge is 2.34. The van der Waals surface area contributed by atoms with E-state index in [4.69, 9.17) is 34.8 Å². The summed E-state index contributed by atoms with van der Waals surface area (Å²) in [4.78, 5) is 29.4. The minimum Gasteiger partial charge on any atom is -0.352 e. The number of hydrogen-bond acceptors (Lipinski definition) is 4. The number of rotatable bonds is 11. The number of hydrogen-bond donors (Lipinski definition) is 1. The van der Waals surface area contributed by atoms with E-state index in [1.54, 1.807) is 24.3 Å². The van der Waals surface area contributed by atoms with Gasteiger partial charge in [-0.25, -0.2) is 8.42 Å². The predicted octanol–water partition coefficient (Wildman–Crippen LogP) is 6.11. The minimum atomic E-state index is -3.92. The molecule has 0 heterocycles. The third-order valence-electron chi connectivity index (χ3n) is 7.14. The van der Waals surface area contributed by atoms with Gasteiger partial charge in [0.15, 0.2) is 0 Å². The molecule has 1 N–H and O–H groups in total. The van der Waals surface area contributed by atoms with Crippen molar-refractivity contribution in [2.75, 3.05) is 17.1 Å². The maximum atomic E-state index is 14.2. The maximum Gasteiger partial charge on any atom is 0.244 e. The maximum absolute atomic E-state index is 14.2. The standard InChI is InChI=1S/C30H32Cl3N3O4S/c1-41(39,40)36(24-15-16-26(32)27(33)18-24)20-29(37)35(19-22-11-5-8-14-25(22)31)28(17-21-9-3-2-4-10-21)30(38)34-23-12-6-7-13-23/h2-5,8-11,14-16,18,23,28H,6-7,12-13,17,19-20H2,1H3,(H,34,38)/t28-/m1/s1. The van der Waals surface area contributed by atoms with Crippen molar-refractivity contribution >= 4 is 62.3 Å². The zero-order valence-electron chi connectivity index (χ0n) is 22.6. The molecule has 0 spiro atoms. The molecule has 0 bridgehead atoms. The van der Waals surface area contributed by atoms with E-state index < -0.39 is 28.5 Å². The number of anilines is 1. The fourth-order valence-electron chi connectivity index (χ4n) is 4.99. The Labute approximate surface area is 256 Å². The van der Waals surface area contributed by atoms with Crippen LogP contribution >= 0.6 is 34.8 Å². The zero-order valence-corrected chi connectivity index (χ0v) is 25.7. The average molecular weight is 637 g/mol. The van der Waals surface area contributed by atoms with Gasteiger partial charge >= 0.3 is 0 Å². The largest absolute Gasteiger partial charge is 0.352 e. The molecular weight excluding hydrogens is 605 g/mol. The van der Waals surface area contributed by atoms with Gasteiger partial charge < -0.3 is 10.2 Å². The minimum absolute atomic E-state index is 0.00701. The van der Waals surface area contributed by atoms with Crippen LogP contribution in [0.1, 0.15) is 36.8 Å². The van der Waals surface area contributed by atoms with E-state index in [2.05, 4.69) is 5.32 Å². The van der Waals surface area contributed by atoms with Gasteiger partial charge in [-0.3, -0.25) is 13.9 Å². The normalized spacial score (nSPS) is 14.4. The molecule has 218 valence electrons. The summed E-state index contributed by atoms with van der Waals surface area (Å²) >= 11 is 18.7. The molecule has 0 radical (unpaired) electrons. The van der Waals surface area contributed by atoms with E-state index in [0.717, 1.165) is 41.8 Å². The van der Waals surface area contributed by atoms with Crippen LogP contribution in [0.4, 0.5) is 5.69 Å². The lowest BCUT2D eigenvalue weighted by Gasteiger charge is -2.34. The Morgan fingerprint density at radius 3 is 2.20 bits per heavy atom. The Kier molecular flexibility index (Phi) is 10.6. The van der Waals surface area contributed by atoms with Crippen molar-refractivity contribution in [3.8, 4) is 0 Å². The Morgan fingerprint density at radius 2 is 1.56 bits per heavy atom. The molecule has 1 atom stereocenters. The molecule has 41 heavy (non-hydrogen) atoms. The van der Waals surface area contributed by atoms with Crippen molar-refractivity contribution in [3.63, 3.8) is 0 Å². The van der Waals surface area contributed by atoms with Crippen LogP contribution < -0.4 is 9.62 Å². The van der Waals surface area contributed by atoms with Gasteiger partial charge in [0, 0.05) is 24.0 Å². The van der Waals surface area contributed by atoms with Gasteiger partial charge in [0.1, 0.15) is 12.6 Å². The highest BCUT2D eigenvalue weighted by molar-refractivity contribution is 7.92. The SMILES string of the molecule is CS(=O)(=O)N(CC(=O)N(Cc1ccccc1Cl)[C@H](Cc1ccccc1)C(=O)NC1CCCC1)c1ccc(Cl)c(Cl)c1. The molecule has 11 heteroatoms. The van der Waals surface area contributed by atoms with E-state index in [9.17, 15) is 18.0 Å². The van der Waals surface area contributed by atoms with Gasteiger partial charge in [0.05, 0.1) is 22.0 Å². The first-order chi connectivity index (χ1) is 19.5. The summed E-state index contributed by atoms with van der Waals surface area (Å²) in [5.74, 6) is -0.856.